The van der Waals surface area contributed by atoms with Crippen LogP contribution in [0.4, 0.5) is 0 Å². The van der Waals surface area contributed by atoms with Crippen LogP contribution < -0.4 is 10.6 Å². The van der Waals surface area contributed by atoms with Crippen molar-refractivity contribution in [2.24, 2.45) is 0 Å². The van der Waals surface area contributed by atoms with Gasteiger partial charge in [0.05, 0.1) is 12.7 Å². The molecule has 0 atom stereocenters. The van der Waals surface area contributed by atoms with E-state index in [1.807, 2.05) is 13.8 Å². The van der Waals surface area contributed by atoms with Gasteiger partial charge in [-0.2, -0.15) is 0 Å². The number of carbonyl (C=O) groups is 1. The molecule has 0 aromatic heterocycles. The SMILES string of the molecule is CC(C)OCCC(=O)NCCNC1CCCCCC1.Cl. The Labute approximate surface area is 129 Å². The first-order valence-electron chi connectivity index (χ1n) is 7.80. The Hall–Kier alpha value is -0.320. The standard InChI is InChI=1S/C15H30N2O2.ClH/c1-13(2)19-12-9-15(18)17-11-10-16-14-7-5-3-4-6-8-14;/h13-14,16H,3-12H2,1-2H3,(H,17,18);1H. The summed E-state index contributed by atoms with van der Waals surface area (Å²) in [6.07, 6.45) is 8.68. The first-order valence-corrected chi connectivity index (χ1v) is 7.80. The molecule has 0 saturated heterocycles. The first kappa shape index (κ1) is 19.7. The predicted molar refractivity (Wildman–Crippen MR) is 85.5 cm³/mol. The number of rotatable bonds is 8. The second-order valence-electron chi connectivity index (χ2n) is 5.66. The Bertz CT molecular complexity index is 242. The van der Waals surface area contributed by atoms with E-state index in [-0.39, 0.29) is 24.4 Å². The molecule has 1 aliphatic carbocycles. The lowest BCUT2D eigenvalue weighted by Gasteiger charge is -2.16. The number of amides is 1. The van der Waals surface area contributed by atoms with Crippen molar-refractivity contribution in [2.75, 3.05) is 19.7 Å². The Morgan fingerprint density at radius 2 is 1.80 bits per heavy atom. The quantitative estimate of drug-likeness (QED) is 0.535. The van der Waals surface area contributed by atoms with Crippen LogP contribution in [-0.4, -0.2) is 37.7 Å². The molecule has 0 radical (unpaired) electrons. The molecule has 4 nitrogen and oxygen atoms in total. The second kappa shape index (κ2) is 12.4. The highest BCUT2D eigenvalue weighted by atomic mass is 35.5. The zero-order chi connectivity index (χ0) is 13.9. The van der Waals surface area contributed by atoms with Gasteiger partial charge in [0.25, 0.3) is 0 Å². The summed E-state index contributed by atoms with van der Waals surface area (Å²) < 4.78 is 5.35. The van der Waals surface area contributed by atoms with Crippen LogP contribution in [0.15, 0.2) is 0 Å². The fourth-order valence-electron chi connectivity index (χ4n) is 2.44. The Morgan fingerprint density at radius 1 is 1.15 bits per heavy atom. The van der Waals surface area contributed by atoms with E-state index >= 15 is 0 Å². The summed E-state index contributed by atoms with van der Waals surface area (Å²) in [6, 6.07) is 0.656. The molecule has 120 valence electrons. The average Bonchev–Trinajstić information content (AvgIpc) is 2.63. The fourth-order valence-corrected chi connectivity index (χ4v) is 2.44. The summed E-state index contributed by atoms with van der Waals surface area (Å²) >= 11 is 0. The van der Waals surface area contributed by atoms with Crippen LogP contribution in [0.2, 0.25) is 0 Å². The van der Waals surface area contributed by atoms with Gasteiger partial charge in [-0.25, -0.2) is 0 Å². The van der Waals surface area contributed by atoms with E-state index < -0.39 is 0 Å². The highest BCUT2D eigenvalue weighted by molar-refractivity contribution is 5.85. The first-order chi connectivity index (χ1) is 9.18. The molecule has 0 unspecified atom stereocenters. The van der Waals surface area contributed by atoms with Gasteiger partial charge < -0.3 is 15.4 Å². The minimum atomic E-state index is 0. The molecule has 1 fully saturated rings. The van der Waals surface area contributed by atoms with E-state index in [1.165, 1.54) is 38.5 Å². The van der Waals surface area contributed by atoms with Gasteiger partial charge in [0.1, 0.15) is 0 Å². The molecule has 0 aromatic rings. The van der Waals surface area contributed by atoms with Crippen molar-refractivity contribution < 1.29 is 9.53 Å². The van der Waals surface area contributed by atoms with Gasteiger partial charge in [0.15, 0.2) is 0 Å². The van der Waals surface area contributed by atoms with Crippen LogP contribution in [0.25, 0.3) is 0 Å². The van der Waals surface area contributed by atoms with Gasteiger partial charge in [-0.3, -0.25) is 4.79 Å². The molecule has 1 rings (SSSR count). The molecular weight excluding hydrogens is 276 g/mol. The van der Waals surface area contributed by atoms with Crippen LogP contribution in [0.5, 0.6) is 0 Å². The lowest BCUT2D eigenvalue weighted by atomic mass is 10.1. The van der Waals surface area contributed by atoms with Gasteiger partial charge in [0, 0.05) is 25.6 Å². The minimum absolute atomic E-state index is 0. The number of hydrogen-bond acceptors (Lipinski definition) is 3. The van der Waals surface area contributed by atoms with Gasteiger partial charge in [0.2, 0.25) is 5.91 Å². The van der Waals surface area contributed by atoms with Gasteiger partial charge in [-0.15, -0.1) is 12.4 Å². The number of nitrogens with one attached hydrogen (secondary N) is 2. The number of ether oxygens (including phenoxy) is 1. The molecule has 0 bridgehead atoms. The van der Waals surface area contributed by atoms with E-state index in [2.05, 4.69) is 10.6 Å². The zero-order valence-electron chi connectivity index (χ0n) is 13.0. The number of carbonyl (C=O) groups excluding carboxylic acids is 1. The Morgan fingerprint density at radius 3 is 2.40 bits per heavy atom. The second-order valence-corrected chi connectivity index (χ2v) is 5.66. The largest absolute Gasteiger partial charge is 0.378 e. The van der Waals surface area contributed by atoms with Gasteiger partial charge in [-0.1, -0.05) is 25.7 Å². The highest BCUT2D eigenvalue weighted by Crippen LogP contribution is 2.16. The smallest absolute Gasteiger partial charge is 0.222 e. The zero-order valence-corrected chi connectivity index (χ0v) is 13.8. The molecule has 1 amide bonds. The lowest BCUT2D eigenvalue weighted by molar-refractivity contribution is -0.122. The van der Waals surface area contributed by atoms with E-state index in [0.29, 0.717) is 19.1 Å². The van der Waals surface area contributed by atoms with Crippen molar-refractivity contribution in [1.29, 1.82) is 0 Å². The summed E-state index contributed by atoms with van der Waals surface area (Å²) in [5.74, 6) is 0.0864. The van der Waals surface area contributed by atoms with E-state index in [4.69, 9.17) is 4.74 Å². The summed E-state index contributed by atoms with van der Waals surface area (Å²) in [7, 11) is 0. The average molecular weight is 307 g/mol. The van der Waals surface area contributed by atoms with Crippen LogP contribution in [0.1, 0.15) is 58.8 Å². The van der Waals surface area contributed by atoms with Gasteiger partial charge in [-0.05, 0) is 26.7 Å². The van der Waals surface area contributed by atoms with Crippen LogP contribution >= 0.6 is 12.4 Å². The number of halogens is 1. The summed E-state index contributed by atoms with van der Waals surface area (Å²) in [5, 5.41) is 6.48. The Kier molecular flexibility index (Phi) is 12.2. The van der Waals surface area contributed by atoms with Crippen LogP contribution in [-0.2, 0) is 9.53 Å². The van der Waals surface area contributed by atoms with E-state index in [1.54, 1.807) is 0 Å². The van der Waals surface area contributed by atoms with Crippen LogP contribution in [0.3, 0.4) is 0 Å². The topological polar surface area (TPSA) is 50.4 Å². The molecule has 0 aliphatic heterocycles. The number of hydrogen-bond donors (Lipinski definition) is 2. The third kappa shape index (κ3) is 10.5. The minimum Gasteiger partial charge on any atom is -0.378 e. The fraction of sp³-hybridized carbons (Fsp3) is 0.933. The molecule has 0 heterocycles. The van der Waals surface area contributed by atoms with Gasteiger partial charge >= 0.3 is 0 Å². The maximum Gasteiger partial charge on any atom is 0.222 e. The molecule has 20 heavy (non-hydrogen) atoms. The van der Waals surface area contributed by atoms with E-state index in [0.717, 1.165) is 13.1 Å². The van der Waals surface area contributed by atoms with Crippen molar-refractivity contribution in [3.05, 3.63) is 0 Å². The maximum atomic E-state index is 11.5. The van der Waals surface area contributed by atoms with Crippen molar-refractivity contribution in [1.82, 2.24) is 10.6 Å². The molecule has 5 heteroatoms. The molecule has 0 spiro atoms. The summed E-state index contributed by atoms with van der Waals surface area (Å²) in [5.41, 5.74) is 0. The highest BCUT2D eigenvalue weighted by Gasteiger charge is 2.10. The van der Waals surface area contributed by atoms with Crippen molar-refractivity contribution >= 4 is 18.3 Å². The maximum absolute atomic E-state index is 11.5. The molecule has 0 aromatic carbocycles. The Balaban J connectivity index is 0.00000361. The molecular formula is C15H31ClN2O2. The third-order valence-corrected chi connectivity index (χ3v) is 3.52. The summed E-state index contributed by atoms with van der Waals surface area (Å²) in [4.78, 5) is 11.5. The lowest BCUT2D eigenvalue weighted by Crippen LogP contribution is -2.37. The van der Waals surface area contributed by atoms with E-state index in [9.17, 15) is 4.79 Å². The predicted octanol–water partition coefficient (Wildman–Crippen LogP) is 2.65. The van der Waals surface area contributed by atoms with Crippen molar-refractivity contribution in [2.45, 2.75) is 70.9 Å². The van der Waals surface area contributed by atoms with Crippen molar-refractivity contribution in [3.63, 3.8) is 0 Å². The molecule has 1 saturated carbocycles. The molecule has 1 aliphatic rings. The molecule has 2 N–H and O–H groups in total. The third-order valence-electron chi connectivity index (χ3n) is 3.52. The monoisotopic (exact) mass is 306 g/mol. The van der Waals surface area contributed by atoms with Crippen molar-refractivity contribution in [3.8, 4) is 0 Å². The van der Waals surface area contributed by atoms with Crippen LogP contribution in [0, 0.1) is 0 Å². The summed E-state index contributed by atoms with van der Waals surface area (Å²) in [6.45, 7) is 6.07. The normalized spacial score (nSPS) is 16.6.